The number of para-hydroxylation sites is 1. The summed E-state index contributed by atoms with van der Waals surface area (Å²) < 4.78 is 36.8. The lowest BCUT2D eigenvalue weighted by Crippen LogP contribution is -2.46. The zero-order valence-electron chi connectivity index (χ0n) is 13.5. The highest BCUT2D eigenvalue weighted by Crippen LogP contribution is 2.35. The molecule has 0 unspecified atom stereocenters. The fourth-order valence-electron chi connectivity index (χ4n) is 3.22. The van der Waals surface area contributed by atoms with Gasteiger partial charge in [-0.1, -0.05) is 18.6 Å². The third-order valence-corrected chi connectivity index (χ3v) is 5.04. The molecule has 3 rings (SSSR count). The summed E-state index contributed by atoms with van der Waals surface area (Å²) in [5.41, 5.74) is 1.11. The van der Waals surface area contributed by atoms with Gasteiger partial charge in [0.2, 0.25) is 10.0 Å². The number of hydrogen-bond acceptors (Lipinski definition) is 5. The molecule has 2 heterocycles. The SMILES string of the molecule is CS(=O)(=O)NC[C@H]1CCCCN1Cc1cccc2c1OCCO2. The molecule has 23 heavy (non-hydrogen) atoms. The first-order chi connectivity index (χ1) is 11.0. The van der Waals surface area contributed by atoms with E-state index in [4.69, 9.17) is 9.47 Å². The number of benzene rings is 1. The monoisotopic (exact) mass is 340 g/mol. The van der Waals surface area contributed by atoms with Crippen molar-refractivity contribution in [1.82, 2.24) is 9.62 Å². The fourth-order valence-corrected chi connectivity index (χ4v) is 3.72. The molecule has 1 atom stereocenters. The lowest BCUT2D eigenvalue weighted by atomic mass is 10.0. The van der Waals surface area contributed by atoms with Gasteiger partial charge in [-0.2, -0.15) is 0 Å². The van der Waals surface area contributed by atoms with Gasteiger partial charge in [-0.15, -0.1) is 0 Å². The van der Waals surface area contributed by atoms with E-state index < -0.39 is 10.0 Å². The van der Waals surface area contributed by atoms with Crippen LogP contribution in [0.15, 0.2) is 18.2 Å². The number of hydrogen-bond donors (Lipinski definition) is 1. The van der Waals surface area contributed by atoms with Gasteiger partial charge in [-0.25, -0.2) is 13.1 Å². The molecule has 1 aromatic carbocycles. The minimum absolute atomic E-state index is 0.221. The average molecular weight is 340 g/mol. The maximum Gasteiger partial charge on any atom is 0.208 e. The van der Waals surface area contributed by atoms with Gasteiger partial charge >= 0.3 is 0 Å². The minimum atomic E-state index is -3.16. The second kappa shape index (κ2) is 7.07. The molecular formula is C16H24N2O4S. The number of piperidine rings is 1. The molecule has 0 amide bonds. The third-order valence-electron chi connectivity index (χ3n) is 4.35. The zero-order valence-corrected chi connectivity index (χ0v) is 14.3. The Bertz CT molecular complexity index is 647. The van der Waals surface area contributed by atoms with Gasteiger partial charge in [0.25, 0.3) is 0 Å². The van der Waals surface area contributed by atoms with E-state index in [9.17, 15) is 8.42 Å². The van der Waals surface area contributed by atoms with Crippen LogP contribution < -0.4 is 14.2 Å². The summed E-state index contributed by atoms with van der Waals surface area (Å²) in [4.78, 5) is 2.34. The first-order valence-electron chi connectivity index (χ1n) is 8.09. The largest absolute Gasteiger partial charge is 0.486 e. The molecule has 1 N–H and O–H groups in total. The van der Waals surface area contributed by atoms with E-state index in [-0.39, 0.29) is 6.04 Å². The summed E-state index contributed by atoms with van der Waals surface area (Å²) in [5, 5.41) is 0. The Hall–Kier alpha value is -1.31. The predicted molar refractivity (Wildman–Crippen MR) is 88.3 cm³/mol. The molecule has 0 saturated carbocycles. The zero-order chi connectivity index (χ0) is 16.3. The van der Waals surface area contributed by atoms with Crippen LogP contribution in [-0.2, 0) is 16.6 Å². The van der Waals surface area contributed by atoms with E-state index in [0.29, 0.717) is 19.8 Å². The van der Waals surface area contributed by atoms with Crippen molar-refractivity contribution < 1.29 is 17.9 Å². The topological polar surface area (TPSA) is 67.9 Å². The van der Waals surface area contributed by atoms with Gasteiger partial charge in [0.1, 0.15) is 13.2 Å². The van der Waals surface area contributed by atoms with Crippen LogP contribution in [0.4, 0.5) is 0 Å². The molecule has 0 aromatic heterocycles. The Morgan fingerprint density at radius 1 is 1.26 bits per heavy atom. The summed E-state index contributed by atoms with van der Waals surface area (Å²) in [5.74, 6) is 1.63. The average Bonchev–Trinajstić information content (AvgIpc) is 2.54. The van der Waals surface area contributed by atoms with Gasteiger partial charge in [0.05, 0.1) is 6.26 Å². The van der Waals surface area contributed by atoms with Crippen molar-refractivity contribution in [3.63, 3.8) is 0 Å². The van der Waals surface area contributed by atoms with E-state index in [1.165, 1.54) is 6.26 Å². The Labute approximate surface area is 137 Å². The van der Waals surface area contributed by atoms with Crippen LogP contribution in [0.1, 0.15) is 24.8 Å². The van der Waals surface area contributed by atoms with Crippen molar-refractivity contribution in [3.05, 3.63) is 23.8 Å². The summed E-state index contributed by atoms with van der Waals surface area (Å²) in [6.45, 7) is 3.35. The minimum Gasteiger partial charge on any atom is -0.486 e. The normalized spacial score (nSPS) is 22.0. The highest BCUT2D eigenvalue weighted by molar-refractivity contribution is 7.88. The molecule has 0 spiro atoms. The Balaban J connectivity index is 1.72. The number of nitrogens with zero attached hydrogens (tertiary/aromatic N) is 1. The van der Waals surface area contributed by atoms with Crippen LogP contribution in [-0.4, -0.2) is 51.9 Å². The third kappa shape index (κ3) is 4.37. The van der Waals surface area contributed by atoms with Crippen molar-refractivity contribution in [2.75, 3.05) is 32.6 Å². The van der Waals surface area contributed by atoms with Crippen LogP contribution in [0.2, 0.25) is 0 Å². The Kier molecular flexibility index (Phi) is 5.08. The Morgan fingerprint density at radius 2 is 2.09 bits per heavy atom. The van der Waals surface area contributed by atoms with E-state index >= 15 is 0 Å². The summed E-state index contributed by atoms with van der Waals surface area (Å²) in [6, 6.07) is 6.19. The maximum absolute atomic E-state index is 11.4. The molecule has 6 nitrogen and oxygen atoms in total. The van der Waals surface area contributed by atoms with E-state index in [1.54, 1.807) is 0 Å². The van der Waals surface area contributed by atoms with Crippen LogP contribution in [0.3, 0.4) is 0 Å². The van der Waals surface area contributed by atoms with Crippen LogP contribution in [0, 0.1) is 0 Å². The summed E-state index contributed by atoms with van der Waals surface area (Å²) in [6.07, 6.45) is 4.49. The maximum atomic E-state index is 11.4. The molecule has 2 aliphatic rings. The molecule has 2 aliphatic heterocycles. The molecule has 1 fully saturated rings. The Morgan fingerprint density at radius 3 is 2.91 bits per heavy atom. The van der Waals surface area contributed by atoms with E-state index in [1.807, 2.05) is 12.1 Å². The first kappa shape index (κ1) is 16.5. The van der Waals surface area contributed by atoms with Crippen molar-refractivity contribution in [2.45, 2.75) is 31.8 Å². The number of fused-ring (bicyclic) bond motifs is 1. The highest BCUT2D eigenvalue weighted by atomic mass is 32.2. The molecule has 1 saturated heterocycles. The standard InChI is InChI=1S/C16H24N2O4S/c1-23(19,20)17-11-14-6-2-3-8-18(14)12-13-5-4-7-15-16(13)22-10-9-21-15/h4-5,7,14,17H,2-3,6,8-12H2,1H3/t14-/m1/s1. The number of ether oxygens (including phenoxy) is 2. The number of nitrogens with one attached hydrogen (secondary N) is 1. The van der Waals surface area contributed by atoms with Gasteiger partial charge < -0.3 is 9.47 Å². The fraction of sp³-hybridized carbons (Fsp3) is 0.625. The summed E-state index contributed by atoms with van der Waals surface area (Å²) in [7, 11) is -3.16. The highest BCUT2D eigenvalue weighted by Gasteiger charge is 2.25. The first-order valence-corrected chi connectivity index (χ1v) is 9.98. The molecule has 0 aliphatic carbocycles. The van der Waals surface area contributed by atoms with Crippen LogP contribution in [0.25, 0.3) is 0 Å². The molecule has 1 aromatic rings. The molecule has 0 radical (unpaired) electrons. The lowest BCUT2D eigenvalue weighted by molar-refractivity contribution is 0.134. The number of likely N-dealkylation sites (tertiary alicyclic amines) is 1. The van der Waals surface area contributed by atoms with Gasteiger partial charge in [-0.05, 0) is 25.5 Å². The van der Waals surface area contributed by atoms with Gasteiger partial charge in [0.15, 0.2) is 11.5 Å². The van der Waals surface area contributed by atoms with Crippen molar-refractivity contribution in [1.29, 1.82) is 0 Å². The van der Waals surface area contributed by atoms with E-state index in [2.05, 4.69) is 15.7 Å². The van der Waals surface area contributed by atoms with Crippen molar-refractivity contribution in [2.24, 2.45) is 0 Å². The smallest absolute Gasteiger partial charge is 0.208 e. The molecular weight excluding hydrogens is 316 g/mol. The van der Waals surface area contributed by atoms with Crippen LogP contribution in [0.5, 0.6) is 11.5 Å². The van der Waals surface area contributed by atoms with Crippen LogP contribution >= 0.6 is 0 Å². The van der Waals surface area contributed by atoms with Gasteiger partial charge in [-0.3, -0.25) is 4.90 Å². The second-order valence-electron chi connectivity index (χ2n) is 6.18. The van der Waals surface area contributed by atoms with Crippen molar-refractivity contribution in [3.8, 4) is 11.5 Å². The predicted octanol–water partition coefficient (Wildman–Crippen LogP) is 1.36. The van der Waals surface area contributed by atoms with Crippen molar-refractivity contribution >= 4 is 10.0 Å². The molecule has 7 heteroatoms. The second-order valence-corrected chi connectivity index (χ2v) is 8.02. The number of sulfonamides is 1. The number of rotatable bonds is 5. The lowest BCUT2D eigenvalue weighted by Gasteiger charge is -2.36. The molecule has 0 bridgehead atoms. The van der Waals surface area contributed by atoms with Gasteiger partial charge in [0, 0.05) is 24.7 Å². The quantitative estimate of drug-likeness (QED) is 0.877. The molecule has 128 valence electrons. The van der Waals surface area contributed by atoms with E-state index in [0.717, 1.165) is 49.4 Å². The summed E-state index contributed by atoms with van der Waals surface area (Å²) >= 11 is 0.